The van der Waals surface area contributed by atoms with Gasteiger partial charge in [0.25, 0.3) is 0 Å². The van der Waals surface area contributed by atoms with Crippen LogP contribution in [0.15, 0.2) is 11.8 Å². The highest BCUT2D eigenvalue weighted by atomic mass is 32.2. The van der Waals surface area contributed by atoms with E-state index in [0.717, 1.165) is 0 Å². The zero-order valence-electron chi connectivity index (χ0n) is 9.87. The fraction of sp³-hybridized carbons (Fsp3) is 0.800. The van der Waals surface area contributed by atoms with Gasteiger partial charge in [0.05, 0.1) is 0 Å². The molecule has 0 N–H and O–H groups in total. The Kier molecular flexibility index (Phi) is 5.03. The summed E-state index contributed by atoms with van der Waals surface area (Å²) in [6.07, 6.45) is 2.57. The van der Waals surface area contributed by atoms with Crippen molar-refractivity contribution >= 4 is 10.1 Å². The maximum Gasteiger partial charge on any atom is 0.534 e. The van der Waals surface area contributed by atoms with Crippen LogP contribution in [0.2, 0.25) is 0 Å². The Morgan fingerprint density at radius 1 is 1.44 bits per heavy atom. The van der Waals surface area contributed by atoms with Crippen molar-refractivity contribution in [3.8, 4) is 0 Å². The number of hydrogen-bond acceptors (Lipinski definition) is 4. The fourth-order valence-electron chi connectivity index (χ4n) is 1.56. The van der Waals surface area contributed by atoms with Crippen LogP contribution in [0, 0.1) is 5.92 Å². The third-order valence-corrected chi connectivity index (χ3v) is 3.54. The quantitative estimate of drug-likeness (QED) is 0.576. The highest BCUT2D eigenvalue weighted by molar-refractivity contribution is 7.87. The van der Waals surface area contributed by atoms with Crippen LogP contribution in [0.1, 0.15) is 26.2 Å². The first-order valence-electron chi connectivity index (χ1n) is 5.53. The minimum Gasteiger partial charge on any atom is -0.381 e. The summed E-state index contributed by atoms with van der Waals surface area (Å²) in [5, 5.41) is 0. The highest BCUT2D eigenvalue weighted by Crippen LogP contribution is 2.31. The molecule has 0 aromatic carbocycles. The van der Waals surface area contributed by atoms with Crippen LogP contribution in [0.4, 0.5) is 13.2 Å². The number of halogens is 3. The van der Waals surface area contributed by atoms with E-state index < -0.39 is 15.6 Å². The van der Waals surface area contributed by atoms with E-state index in [-0.39, 0.29) is 18.1 Å². The van der Waals surface area contributed by atoms with Gasteiger partial charge in [0.1, 0.15) is 5.76 Å². The van der Waals surface area contributed by atoms with E-state index in [9.17, 15) is 21.6 Å². The Bertz CT molecular complexity index is 400. The van der Waals surface area contributed by atoms with Crippen LogP contribution in [-0.4, -0.2) is 27.1 Å². The second-order valence-electron chi connectivity index (χ2n) is 3.95. The highest BCUT2D eigenvalue weighted by Gasteiger charge is 2.48. The lowest BCUT2D eigenvalue weighted by atomic mass is 9.94. The average molecular weight is 288 g/mol. The average Bonchev–Trinajstić information content (AvgIpc) is 2.26. The number of rotatable bonds is 5. The van der Waals surface area contributed by atoms with Gasteiger partial charge in [-0.1, -0.05) is 0 Å². The minimum atomic E-state index is -5.53. The van der Waals surface area contributed by atoms with Crippen molar-refractivity contribution in [3.05, 3.63) is 11.8 Å². The van der Waals surface area contributed by atoms with Crippen LogP contribution < -0.4 is 0 Å². The molecule has 0 fully saturated rings. The molecule has 0 aromatic rings. The van der Waals surface area contributed by atoms with Gasteiger partial charge in [0.2, 0.25) is 0 Å². The lowest BCUT2D eigenvalue weighted by molar-refractivity contribution is -0.0525. The van der Waals surface area contributed by atoms with Crippen molar-refractivity contribution < 1.29 is 30.5 Å². The molecule has 0 spiro atoms. The van der Waals surface area contributed by atoms with Crippen molar-refractivity contribution in [1.82, 2.24) is 0 Å². The molecule has 0 amide bonds. The number of alkyl halides is 3. The maximum atomic E-state index is 12.1. The summed E-state index contributed by atoms with van der Waals surface area (Å²) in [6.45, 7) is 2.95. The molecule has 0 saturated heterocycles. The predicted molar refractivity (Wildman–Crippen MR) is 58.0 cm³/mol. The van der Waals surface area contributed by atoms with Crippen LogP contribution in [0.5, 0.6) is 0 Å². The Balaban J connectivity index is 2.54. The van der Waals surface area contributed by atoms with Gasteiger partial charge in [-0.3, -0.25) is 0 Å². The monoisotopic (exact) mass is 288 g/mol. The molecule has 0 bridgehead atoms. The predicted octanol–water partition coefficient (Wildman–Crippen LogP) is 2.57. The smallest absolute Gasteiger partial charge is 0.381 e. The Morgan fingerprint density at radius 3 is 2.56 bits per heavy atom. The lowest BCUT2D eigenvalue weighted by Crippen LogP contribution is -2.26. The molecule has 1 rings (SSSR count). The van der Waals surface area contributed by atoms with E-state index in [1.54, 1.807) is 0 Å². The Hall–Kier alpha value is -0.760. The van der Waals surface area contributed by atoms with E-state index in [1.165, 1.54) is 6.08 Å². The molecule has 0 saturated carbocycles. The van der Waals surface area contributed by atoms with Gasteiger partial charge in [0, 0.05) is 19.6 Å². The molecular weight excluding hydrogens is 273 g/mol. The molecule has 18 heavy (non-hydrogen) atoms. The van der Waals surface area contributed by atoms with Gasteiger partial charge < -0.3 is 8.92 Å². The Labute approximate surface area is 104 Å². The zero-order chi connectivity index (χ0) is 13.8. The largest absolute Gasteiger partial charge is 0.534 e. The first-order valence-corrected chi connectivity index (χ1v) is 6.94. The number of allylic oxidation sites excluding steroid dienone is 2. The molecule has 4 nitrogen and oxygen atoms in total. The van der Waals surface area contributed by atoms with Crippen LogP contribution >= 0.6 is 0 Å². The van der Waals surface area contributed by atoms with Crippen molar-refractivity contribution in [2.45, 2.75) is 31.7 Å². The van der Waals surface area contributed by atoms with Gasteiger partial charge in [-0.05, 0) is 31.8 Å². The molecule has 106 valence electrons. The molecule has 1 aliphatic rings. The third kappa shape index (κ3) is 4.16. The van der Waals surface area contributed by atoms with Gasteiger partial charge in [-0.2, -0.15) is 21.6 Å². The van der Waals surface area contributed by atoms with Crippen molar-refractivity contribution in [2.75, 3.05) is 13.2 Å². The maximum absolute atomic E-state index is 12.1. The van der Waals surface area contributed by atoms with Crippen LogP contribution in [-0.2, 0) is 19.0 Å². The SMILES string of the molecule is CCOCC1CC=C(OS(=O)(=O)C(F)(F)F)CC1. The molecule has 0 aromatic heterocycles. The summed E-state index contributed by atoms with van der Waals surface area (Å²) in [4.78, 5) is 0. The normalized spacial score (nSPS) is 21.6. The Morgan fingerprint density at radius 2 is 2.11 bits per heavy atom. The molecule has 8 heteroatoms. The van der Waals surface area contributed by atoms with Gasteiger partial charge >= 0.3 is 15.6 Å². The topological polar surface area (TPSA) is 52.6 Å². The molecule has 0 heterocycles. The summed E-state index contributed by atoms with van der Waals surface area (Å²) >= 11 is 0. The minimum absolute atomic E-state index is 0.139. The van der Waals surface area contributed by atoms with E-state index in [4.69, 9.17) is 4.74 Å². The van der Waals surface area contributed by atoms with E-state index in [1.807, 2.05) is 6.92 Å². The summed E-state index contributed by atoms with van der Waals surface area (Å²) in [6, 6.07) is 0. The van der Waals surface area contributed by atoms with Crippen LogP contribution in [0.3, 0.4) is 0 Å². The first kappa shape index (κ1) is 15.3. The standard InChI is InChI=1S/C10H15F3O4S/c1-2-16-7-8-3-5-9(6-4-8)17-18(14,15)10(11,12)13/h5,8H,2-4,6-7H2,1H3. The molecule has 1 atom stereocenters. The second-order valence-corrected chi connectivity index (χ2v) is 5.49. The zero-order valence-corrected chi connectivity index (χ0v) is 10.7. The summed E-state index contributed by atoms with van der Waals surface area (Å²) in [7, 11) is -5.53. The van der Waals surface area contributed by atoms with Gasteiger partial charge in [-0.25, -0.2) is 0 Å². The number of ether oxygens (including phenoxy) is 1. The first-order chi connectivity index (χ1) is 8.26. The summed E-state index contributed by atoms with van der Waals surface area (Å²) in [5.41, 5.74) is -5.38. The summed E-state index contributed by atoms with van der Waals surface area (Å²) < 4.78 is 67.0. The van der Waals surface area contributed by atoms with Gasteiger partial charge in [-0.15, -0.1) is 0 Å². The molecule has 0 aliphatic heterocycles. The van der Waals surface area contributed by atoms with Crippen molar-refractivity contribution in [2.24, 2.45) is 5.92 Å². The number of hydrogen-bond donors (Lipinski definition) is 0. The molecule has 1 aliphatic carbocycles. The molecule has 0 radical (unpaired) electrons. The van der Waals surface area contributed by atoms with E-state index >= 15 is 0 Å². The second kappa shape index (κ2) is 5.92. The van der Waals surface area contributed by atoms with Crippen molar-refractivity contribution in [3.63, 3.8) is 0 Å². The summed E-state index contributed by atoms with van der Waals surface area (Å²) in [5.74, 6) is 0.0611. The van der Waals surface area contributed by atoms with Gasteiger partial charge in [0.15, 0.2) is 0 Å². The molecule has 1 unspecified atom stereocenters. The van der Waals surface area contributed by atoms with Crippen LogP contribution in [0.25, 0.3) is 0 Å². The third-order valence-electron chi connectivity index (χ3n) is 2.54. The van der Waals surface area contributed by atoms with Crippen molar-refractivity contribution in [1.29, 1.82) is 0 Å². The molecular formula is C10H15F3O4S. The lowest BCUT2D eigenvalue weighted by Gasteiger charge is -2.21. The fourth-order valence-corrected chi connectivity index (χ4v) is 2.09. The van der Waals surface area contributed by atoms with E-state index in [0.29, 0.717) is 26.1 Å². The van der Waals surface area contributed by atoms with E-state index in [2.05, 4.69) is 4.18 Å².